The molecule has 16 heavy (non-hydrogen) atoms. The zero-order chi connectivity index (χ0) is 12.0. The monoisotopic (exact) mass is 216 g/mol. The van der Waals surface area contributed by atoms with Crippen molar-refractivity contribution in [2.75, 3.05) is 0 Å². The zero-order valence-electron chi connectivity index (χ0n) is 9.19. The first-order valence-corrected chi connectivity index (χ1v) is 4.87. The lowest BCUT2D eigenvalue weighted by atomic mass is 10.2. The first-order chi connectivity index (χ1) is 7.59. The number of ketones is 1. The van der Waals surface area contributed by atoms with Gasteiger partial charge in [-0.3, -0.25) is 4.79 Å². The van der Waals surface area contributed by atoms with E-state index in [1.807, 2.05) is 6.07 Å². The molecule has 0 aliphatic rings. The molecule has 0 saturated heterocycles. The van der Waals surface area contributed by atoms with Gasteiger partial charge in [0.05, 0.1) is 5.56 Å². The molecule has 0 spiro atoms. The minimum Gasteiger partial charge on any atom is -0.446 e. The van der Waals surface area contributed by atoms with Crippen LogP contribution in [0.25, 0.3) is 0 Å². The quantitative estimate of drug-likeness (QED) is 0.430. The molecule has 1 rings (SSSR count). The Balaban J connectivity index is 2.60. The van der Waals surface area contributed by atoms with Crippen LogP contribution in [0.3, 0.4) is 0 Å². The number of esters is 1. The highest BCUT2D eigenvalue weighted by Crippen LogP contribution is 2.03. The van der Waals surface area contributed by atoms with E-state index in [0.29, 0.717) is 5.56 Å². The van der Waals surface area contributed by atoms with Gasteiger partial charge in [-0.2, -0.15) is 0 Å². The van der Waals surface area contributed by atoms with Gasteiger partial charge < -0.3 is 4.74 Å². The fraction of sp³-hybridized carbons (Fsp3) is 0.231. The summed E-state index contributed by atoms with van der Waals surface area (Å²) in [7, 11) is 0. The summed E-state index contributed by atoms with van der Waals surface area (Å²) in [4.78, 5) is 22.1. The smallest absolute Gasteiger partial charge is 0.339 e. The Morgan fingerprint density at radius 1 is 1.25 bits per heavy atom. The van der Waals surface area contributed by atoms with Crippen LogP contribution < -0.4 is 0 Å². The average molecular weight is 216 g/mol. The van der Waals surface area contributed by atoms with Crippen molar-refractivity contribution in [3.05, 3.63) is 35.9 Å². The summed E-state index contributed by atoms with van der Waals surface area (Å²) in [5.41, 5.74) is 0.471. The van der Waals surface area contributed by atoms with Gasteiger partial charge in [-0.05, 0) is 25.0 Å². The Hall–Kier alpha value is -2.08. The Labute approximate surface area is 94.4 Å². The van der Waals surface area contributed by atoms with Crippen molar-refractivity contribution in [3.63, 3.8) is 0 Å². The minimum absolute atomic E-state index is 0.248. The highest BCUT2D eigenvalue weighted by atomic mass is 16.5. The van der Waals surface area contributed by atoms with Gasteiger partial charge in [-0.15, -0.1) is 0 Å². The van der Waals surface area contributed by atoms with Crippen LogP contribution in [0.4, 0.5) is 0 Å². The highest BCUT2D eigenvalue weighted by molar-refractivity contribution is 5.93. The second-order valence-electron chi connectivity index (χ2n) is 3.24. The summed E-state index contributed by atoms with van der Waals surface area (Å²) in [6.45, 7) is 2.98. The normalized spacial score (nSPS) is 10.9. The summed E-state index contributed by atoms with van der Waals surface area (Å²) in [6.07, 6.45) is -0.586. The van der Waals surface area contributed by atoms with Crippen molar-refractivity contribution in [1.29, 1.82) is 0 Å². The maximum atomic E-state index is 11.5. The molecule has 1 aromatic carbocycles. The van der Waals surface area contributed by atoms with Crippen LogP contribution in [-0.4, -0.2) is 17.9 Å². The molecule has 0 aliphatic heterocycles. The lowest BCUT2D eigenvalue weighted by Crippen LogP contribution is -2.13. The van der Waals surface area contributed by atoms with E-state index in [0.717, 1.165) is 0 Å². The molecule has 1 unspecified atom stereocenters. The van der Waals surface area contributed by atoms with Crippen LogP contribution in [-0.2, 0) is 9.53 Å². The van der Waals surface area contributed by atoms with Crippen molar-refractivity contribution in [2.24, 2.45) is 0 Å². The first kappa shape index (κ1) is 12.0. The van der Waals surface area contributed by atoms with Gasteiger partial charge in [0.2, 0.25) is 5.78 Å². The van der Waals surface area contributed by atoms with Gasteiger partial charge in [0.15, 0.2) is 6.10 Å². The molecule has 0 heterocycles. The molecule has 1 aromatic rings. The van der Waals surface area contributed by atoms with Gasteiger partial charge in [-0.1, -0.05) is 24.1 Å². The molecule has 0 N–H and O–H groups in total. The van der Waals surface area contributed by atoms with E-state index in [-0.39, 0.29) is 5.78 Å². The molecule has 0 bridgehead atoms. The zero-order valence-corrected chi connectivity index (χ0v) is 9.19. The largest absolute Gasteiger partial charge is 0.446 e. The number of hydrogen-bond acceptors (Lipinski definition) is 3. The fourth-order valence-corrected chi connectivity index (χ4v) is 1.04. The number of Topliss-reactive ketones (excluding diaryl/α,β-unsaturated/α-hetero) is 1. The minimum atomic E-state index is -0.586. The lowest BCUT2D eigenvalue weighted by Gasteiger charge is -2.06. The summed E-state index contributed by atoms with van der Waals surface area (Å²) >= 11 is 0. The van der Waals surface area contributed by atoms with Gasteiger partial charge in [0.1, 0.15) is 0 Å². The van der Waals surface area contributed by atoms with E-state index in [2.05, 4.69) is 11.8 Å². The standard InChI is InChI=1S/C13H12O3/c1-10(14)8-9-11(2)16-13(15)12-6-4-3-5-7-12/h3-7,11H,1-2H3. The Kier molecular flexibility index (Phi) is 4.28. The summed E-state index contributed by atoms with van der Waals surface area (Å²) in [6, 6.07) is 8.64. The van der Waals surface area contributed by atoms with E-state index >= 15 is 0 Å². The van der Waals surface area contributed by atoms with Crippen LogP contribution in [0.5, 0.6) is 0 Å². The Morgan fingerprint density at radius 2 is 1.88 bits per heavy atom. The molecule has 0 aliphatic carbocycles. The van der Waals surface area contributed by atoms with E-state index < -0.39 is 12.1 Å². The van der Waals surface area contributed by atoms with Crippen LogP contribution in [0.15, 0.2) is 30.3 Å². The van der Waals surface area contributed by atoms with Crippen LogP contribution in [0.1, 0.15) is 24.2 Å². The molecule has 0 radical (unpaired) electrons. The average Bonchev–Trinajstić information content (AvgIpc) is 2.27. The third-order valence-corrected chi connectivity index (χ3v) is 1.74. The van der Waals surface area contributed by atoms with E-state index in [1.54, 1.807) is 31.2 Å². The van der Waals surface area contributed by atoms with E-state index in [4.69, 9.17) is 4.74 Å². The second kappa shape index (κ2) is 5.72. The Bertz CT molecular complexity index is 437. The SMILES string of the molecule is CC(=O)C#CC(C)OC(=O)c1ccccc1. The molecule has 1 atom stereocenters. The molecule has 0 amide bonds. The fourth-order valence-electron chi connectivity index (χ4n) is 1.04. The summed E-state index contributed by atoms with van der Waals surface area (Å²) in [5, 5.41) is 0. The number of hydrogen-bond donors (Lipinski definition) is 0. The molecule has 0 fully saturated rings. The second-order valence-corrected chi connectivity index (χ2v) is 3.24. The topological polar surface area (TPSA) is 43.4 Å². The lowest BCUT2D eigenvalue weighted by molar-refractivity contribution is -0.111. The molecule has 3 nitrogen and oxygen atoms in total. The first-order valence-electron chi connectivity index (χ1n) is 4.87. The molecule has 0 saturated carbocycles. The van der Waals surface area contributed by atoms with Gasteiger partial charge in [0, 0.05) is 6.92 Å². The highest BCUT2D eigenvalue weighted by Gasteiger charge is 2.08. The van der Waals surface area contributed by atoms with Crippen molar-refractivity contribution in [2.45, 2.75) is 20.0 Å². The maximum absolute atomic E-state index is 11.5. The van der Waals surface area contributed by atoms with Crippen LogP contribution >= 0.6 is 0 Å². The van der Waals surface area contributed by atoms with Crippen LogP contribution in [0, 0.1) is 11.8 Å². The number of benzene rings is 1. The van der Waals surface area contributed by atoms with Gasteiger partial charge in [-0.25, -0.2) is 4.79 Å². The van der Waals surface area contributed by atoms with Gasteiger partial charge >= 0.3 is 5.97 Å². The number of carbonyl (C=O) groups is 2. The number of rotatable bonds is 2. The summed E-state index contributed by atoms with van der Waals surface area (Å²) < 4.78 is 5.02. The van der Waals surface area contributed by atoms with E-state index in [1.165, 1.54) is 6.92 Å². The Morgan fingerprint density at radius 3 is 2.44 bits per heavy atom. The van der Waals surface area contributed by atoms with Crippen molar-refractivity contribution < 1.29 is 14.3 Å². The number of carbonyl (C=O) groups excluding carboxylic acids is 2. The predicted molar refractivity (Wildman–Crippen MR) is 59.8 cm³/mol. The summed E-state index contributed by atoms with van der Waals surface area (Å²) in [5.74, 6) is 4.19. The van der Waals surface area contributed by atoms with Crippen LogP contribution in [0.2, 0.25) is 0 Å². The van der Waals surface area contributed by atoms with Gasteiger partial charge in [0.25, 0.3) is 0 Å². The number of ether oxygens (including phenoxy) is 1. The maximum Gasteiger partial charge on any atom is 0.339 e. The van der Waals surface area contributed by atoms with Crippen molar-refractivity contribution in [3.8, 4) is 11.8 Å². The van der Waals surface area contributed by atoms with Crippen molar-refractivity contribution in [1.82, 2.24) is 0 Å². The molecule has 82 valence electrons. The molecular formula is C13H12O3. The van der Waals surface area contributed by atoms with E-state index in [9.17, 15) is 9.59 Å². The van der Waals surface area contributed by atoms with Crippen molar-refractivity contribution >= 4 is 11.8 Å². The molecule has 3 heteroatoms. The third kappa shape index (κ3) is 3.97. The predicted octanol–water partition coefficient (Wildman–Crippen LogP) is 1.82. The molecular weight excluding hydrogens is 204 g/mol. The third-order valence-electron chi connectivity index (χ3n) is 1.74. The molecule has 0 aromatic heterocycles.